The van der Waals surface area contributed by atoms with Crippen LogP contribution in [0.1, 0.15) is 33.6 Å². The molecule has 2 saturated heterocycles. The lowest BCUT2D eigenvalue weighted by Gasteiger charge is -2.46. The second-order valence-corrected chi connectivity index (χ2v) is 11.7. The fraction of sp³-hybridized carbons (Fsp3) is 0.682. The molecule has 35 heavy (non-hydrogen) atoms. The van der Waals surface area contributed by atoms with Gasteiger partial charge in [0.2, 0.25) is 17.7 Å². The number of amides is 3. The minimum absolute atomic E-state index is 0.0207. The summed E-state index contributed by atoms with van der Waals surface area (Å²) in [4.78, 5) is 51.1. The Morgan fingerprint density at radius 1 is 1.34 bits per heavy atom. The number of likely N-dealkylation sites (tertiary alicyclic amines) is 1. The number of hydrogen-bond donors (Lipinski definition) is 5. The summed E-state index contributed by atoms with van der Waals surface area (Å²) in [5.41, 5.74) is 5.04. The van der Waals surface area contributed by atoms with Gasteiger partial charge in [-0.2, -0.15) is 11.8 Å². The molecule has 2 fully saturated rings. The molecule has 0 aromatic heterocycles. The largest absolute Gasteiger partial charge is 0.477 e. The molecule has 13 heteroatoms. The number of fused-ring (bicyclic) bond motifs is 1. The number of carboxylic acid groups (broad SMARTS) is 1. The van der Waals surface area contributed by atoms with E-state index in [1.807, 2.05) is 11.8 Å². The molecule has 0 aliphatic carbocycles. The fourth-order valence-electron chi connectivity index (χ4n) is 5.04. The van der Waals surface area contributed by atoms with Crippen molar-refractivity contribution >= 4 is 53.1 Å². The van der Waals surface area contributed by atoms with Gasteiger partial charge >= 0.3 is 5.97 Å². The molecule has 3 heterocycles. The molecule has 1 unspecified atom stereocenters. The van der Waals surface area contributed by atoms with Crippen molar-refractivity contribution in [1.29, 1.82) is 5.41 Å². The van der Waals surface area contributed by atoms with Gasteiger partial charge in [-0.3, -0.25) is 19.8 Å². The Hall–Kier alpha value is -2.25. The molecule has 0 saturated carbocycles. The number of nitrogens with zero attached hydrogens (tertiary/aromatic N) is 2. The van der Waals surface area contributed by atoms with Gasteiger partial charge in [0.05, 0.1) is 30.4 Å². The highest BCUT2D eigenvalue weighted by Gasteiger charge is 2.60. The lowest BCUT2D eigenvalue weighted by molar-refractivity contribution is -0.163. The van der Waals surface area contributed by atoms with Crippen molar-refractivity contribution in [2.75, 3.05) is 24.6 Å². The van der Waals surface area contributed by atoms with Gasteiger partial charge in [-0.25, -0.2) is 4.79 Å². The van der Waals surface area contributed by atoms with Crippen molar-refractivity contribution in [2.45, 2.75) is 57.1 Å². The zero-order valence-corrected chi connectivity index (χ0v) is 21.7. The average molecular weight is 528 g/mol. The van der Waals surface area contributed by atoms with Crippen molar-refractivity contribution < 1.29 is 29.4 Å². The number of amidine groups is 1. The molecule has 11 nitrogen and oxygen atoms in total. The first-order valence-electron chi connectivity index (χ1n) is 11.5. The first kappa shape index (κ1) is 27.3. The van der Waals surface area contributed by atoms with Crippen molar-refractivity contribution in [2.24, 2.45) is 17.6 Å². The van der Waals surface area contributed by atoms with Crippen LogP contribution in [0.15, 0.2) is 10.6 Å². The zero-order chi connectivity index (χ0) is 26.0. The fourth-order valence-corrected chi connectivity index (χ4v) is 7.69. The van der Waals surface area contributed by atoms with Crippen LogP contribution in [0.4, 0.5) is 0 Å². The number of thioether (sulfide) groups is 2. The number of nitrogens with one attached hydrogen (secondary N) is 2. The first-order chi connectivity index (χ1) is 16.4. The molecule has 194 valence electrons. The van der Waals surface area contributed by atoms with Crippen LogP contribution < -0.4 is 11.1 Å². The third kappa shape index (κ3) is 5.78. The van der Waals surface area contributed by atoms with Crippen LogP contribution in [0.5, 0.6) is 0 Å². The Labute approximate surface area is 212 Å². The number of aliphatic carboxylic acids is 1. The molecule has 0 radical (unpaired) electrons. The normalized spacial score (nSPS) is 28.6. The number of hydrogen-bond acceptors (Lipinski definition) is 8. The van der Waals surface area contributed by atoms with Crippen LogP contribution in [-0.2, 0) is 19.2 Å². The highest BCUT2D eigenvalue weighted by Crippen LogP contribution is 2.52. The Morgan fingerprint density at radius 3 is 2.60 bits per heavy atom. The monoisotopic (exact) mass is 527 g/mol. The Morgan fingerprint density at radius 2 is 2.03 bits per heavy atom. The molecule has 3 rings (SSSR count). The second-order valence-electron chi connectivity index (χ2n) is 9.21. The number of carboxylic acids is 1. The summed E-state index contributed by atoms with van der Waals surface area (Å²) in [6, 6.07) is -0.275. The minimum atomic E-state index is -1.14. The van der Waals surface area contributed by atoms with Gasteiger partial charge in [0.1, 0.15) is 5.70 Å². The smallest absolute Gasteiger partial charge is 0.353 e. The molecule has 3 amide bonds. The van der Waals surface area contributed by atoms with E-state index >= 15 is 0 Å². The summed E-state index contributed by atoms with van der Waals surface area (Å²) >= 11 is 3.06. The van der Waals surface area contributed by atoms with Crippen LogP contribution in [0, 0.1) is 17.2 Å². The lowest BCUT2D eigenvalue weighted by atomic mass is 9.79. The van der Waals surface area contributed by atoms with E-state index in [1.54, 1.807) is 25.6 Å². The number of β-lactam (4-membered cyclic amide) rings is 1. The number of aliphatic hydroxyl groups is 1. The third-order valence-electron chi connectivity index (χ3n) is 6.66. The molecule has 6 atom stereocenters. The molecule has 0 bridgehead atoms. The molecular weight excluding hydrogens is 494 g/mol. The summed E-state index contributed by atoms with van der Waals surface area (Å²) in [5.74, 6) is -1.40. The van der Waals surface area contributed by atoms with Crippen molar-refractivity contribution in [3.05, 3.63) is 10.6 Å². The van der Waals surface area contributed by atoms with E-state index in [0.29, 0.717) is 28.8 Å². The molecule has 6 N–H and O–H groups in total. The summed E-state index contributed by atoms with van der Waals surface area (Å²) < 4.78 is 0. The molecule has 0 spiro atoms. The first-order valence-corrected chi connectivity index (χ1v) is 13.6. The predicted octanol–water partition coefficient (Wildman–Crippen LogP) is 0.0382. The van der Waals surface area contributed by atoms with E-state index in [-0.39, 0.29) is 53.7 Å². The Balaban J connectivity index is 1.61. The van der Waals surface area contributed by atoms with Crippen LogP contribution >= 0.6 is 23.5 Å². The van der Waals surface area contributed by atoms with E-state index < -0.39 is 23.9 Å². The molecule has 0 aromatic rings. The Bertz CT molecular complexity index is 941. The van der Waals surface area contributed by atoms with Crippen molar-refractivity contribution in [3.63, 3.8) is 0 Å². The maximum Gasteiger partial charge on any atom is 0.353 e. The van der Waals surface area contributed by atoms with E-state index in [1.165, 1.54) is 16.7 Å². The van der Waals surface area contributed by atoms with E-state index in [9.17, 15) is 29.4 Å². The summed E-state index contributed by atoms with van der Waals surface area (Å²) in [6.45, 7) is 5.60. The predicted molar refractivity (Wildman–Crippen MR) is 134 cm³/mol. The van der Waals surface area contributed by atoms with Gasteiger partial charge in [0.15, 0.2) is 0 Å². The highest BCUT2D eigenvalue weighted by atomic mass is 32.2. The summed E-state index contributed by atoms with van der Waals surface area (Å²) in [6.07, 6.45) is 0.157. The number of aliphatic hydroxyl groups excluding tert-OH is 1. The Kier molecular flexibility index (Phi) is 8.76. The lowest BCUT2D eigenvalue weighted by Crippen LogP contribution is -2.63. The average Bonchev–Trinajstić information content (AvgIpc) is 3.27. The number of primary amides is 1. The standard InChI is InChI=1S/C22H33N5O6S2/c1-10-18-17(11(2)28)21(31)27(18)19(22(32)33)20(10)35-14-6-13(26(8-14)12(3)23)9-34-5-4-16(30)25-7-15(24)29/h10-11,13-14,17-18,23,28H,4-9H2,1-3H3,(H2,24,29)(H,25,30)(H,32,33)/t10-,11-,13+,14+,17-,18?/m1/s1. The van der Waals surface area contributed by atoms with Crippen molar-refractivity contribution in [3.8, 4) is 0 Å². The third-order valence-corrected chi connectivity index (χ3v) is 9.26. The van der Waals surface area contributed by atoms with Gasteiger partial charge in [-0.05, 0) is 20.3 Å². The van der Waals surface area contributed by atoms with Gasteiger partial charge in [-0.1, -0.05) is 6.92 Å². The highest BCUT2D eigenvalue weighted by molar-refractivity contribution is 8.03. The van der Waals surface area contributed by atoms with Crippen LogP contribution in [0.3, 0.4) is 0 Å². The SMILES string of the molecule is CC(=N)N1C[C@@H](SC2=C(C(=O)O)N3C(=O)[C@H]([C@@H](C)O)C3[C@H]2C)C[C@H]1CSCCC(=O)NCC(N)=O. The van der Waals surface area contributed by atoms with Gasteiger partial charge < -0.3 is 31.1 Å². The van der Waals surface area contributed by atoms with Gasteiger partial charge in [0, 0.05) is 46.6 Å². The topological polar surface area (TPSA) is 177 Å². The second kappa shape index (κ2) is 11.2. The van der Waals surface area contributed by atoms with E-state index in [0.717, 1.165) is 6.42 Å². The summed E-state index contributed by atoms with van der Waals surface area (Å²) in [5, 5.41) is 30.6. The number of carbonyl (C=O) groups excluding carboxylic acids is 3. The van der Waals surface area contributed by atoms with Gasteiger partial charge in [-0.15, -0.1) is 11.8 Å². The molecule has 3 aliphatic heterocycles. The van der Waals surface area contributed by atoms with Crippen molar-refractivity contribution in [1.82, 2.24) is 15.1 Å². The molecule has 3 aliphatic rings. The van der Waals surface area contributed by atoms with Crippen LogP contribution in [0.2, 0.25) is 0 Å². The maximum absolute atomic E-state index is 12.6. The molecular formula is C22H33N5O6S2. The summed E-state index contributed by atoms with van der Waals surface area (Å²) in [7, 11) is 0. The van der Waals surface area contributed by atoms with Crippen LogP contribution in [-0.4, -0.2) is 97.6 Å². The van der Waals surface area contributed by atoms with E-state index in [2.05, 4.69) is 5.32 Å². The number of rotatable bonds is 11. The number of carbonyl (C=O) groups is 4. The number of nitrogens with two attached hydrogens (primary N) is 1. The van der Waals surface area contributed by atoms with E-state index in [4.69, 9.17) is 11.1 Å². The van der Waals surface area contributed by atoms with Crippen LogP contribution in [0.25, 0.3) is 0 Å². The minimum Gasteiger partial charge on any atom is -0.477 e. The molecule has 0 aromatic carbocycles. The van der Waals surface area contributed by atoms with Gasteiger partial charge in [0.25, 0.3) is 0 Å². The quantitative estimate of drug-likeness (QED) is 0.107. The zero-order valence-electron chi connectivity index (χ0n) is 20.0. The maximum atomic E-state index is 12.6.